The van der Waals surface area contributed by atoms with Gasteiger partial charge in [0.1, 0.15) is 5.75 Å². The summed E-state index contributed by atoms with van der Waals surface area (Å²) in [5.41, 5.74) is 7.87. The first kappa shape index (κ1) is 38.0. The van der Waals surface area contributed by atoms with Crippen LogP contribution in [0.1, 0.15) is 32.8 Å². The van der Waals surface area contributed by atoms with Crippen molar-refractivity contribution in [2.24, 2.45) is 11.7 Å². The second-order valence-corrected chi connectivity index (χ2v) is 12.2. The zero-order valence-electron chi connectivity index (χ0n) is 30.3. The summed E-state index contributed by atoms with van der Waals surface area (Å²) >= 11 is 0. The molecular weight excluding hydrogens is 642 g/mol. The Morgan fingerprint density at radius 2 is 1.62 bits per heavy atom. The Labute approximate surface area is 294 Å². The fourth-order valence-corrected chi connectivity index (χ4v) is 5.91. The van der Waals surface area contributed by atoms with Crippen molar-refractivity contribution < 1.29 is 33.3 Å². The summed E-state index contributed by atoms with van der Waals surface area (Å²) in [6.45, 7) is 12.9. The maximum Gasteiger partial charge on any atom is 0.411 e. The van der Waals surface area contributed by atoms with E-state index in [1.54, 1.807) is 33.5 Å². The van der Waals surface area contributed by atoms with Gasteiger partial charge in [0.15, 0.2) is 11.5 Å². The van der Waals surface area contributed by atoms with E-state index in [1.807, 2.05) is 43.9 Å². The number of methoxy groups -OCH3 is 3. The number of nitrogens with zero attached hydrogens (tertiary/aromatic N) is 5. The molecule has 1 saturated heterocycles. The molecule has 1 unspecified atom stereocenters. The molecule has 0 saturated carbocycles. The molecule has 0 bridgehead atoms. The van der Waals surface area contributed by atoms with E-state index in [2.05, 4.69) is 32.1 Å². The van der Waals surface area contributed by atoms with Gasteiger partial charge in [-0.05, 0) is 45.4 Å². The van der Waals surface area contributed by atoms with E-state index in [0.29, 0.717) is 65.9 Å². The number of rotatable bonds is 17. The largest absolute Gasteiger partial charge is 0.496 e. The number of carbonyl (C=O) groups excluding carboxylic acids is 2. The second-order valence-electron chi connectivity index (χ2n) is 12.2. The van der Waals surface area contributed by atoms with Crippen LogP contribution in [-0.2, 0) is 11.2 Å². The van der Waals surface area contributed by atoms with Crippen LogP contribution in [0.15, 0.2) is 36.5 Å². The average Bonchev–Trinajstić information content (AvgIpc) is 3.11. The van der Waals surface area contributed by atoms with Crippen molar-refractivity contribution >= 4 is 23.6 Å². The number of hydrogen-bond donors (Lipinski definition) is 2. The molecule has 14 nitrogen and oxygen atoms in total. The van der Waals surface area contributed by atoms with E-state index in [0.717, 1.165) is 44.7 Å². The fourth-order valence-electron chi connectivity index (χ4n) is 5.91. The van der Waals surface area contributed by atoms with Gasteiger partial charge in [-0.1, -0.05) is 19.1 Å². The number of benzene rings is 2. The number of amides is 2. The molecule has 1 fully saturated rings. The number of anilines is 2. The van der Waals surface area contributed by atoms with Crippen LogP contribution in [0, 0.1) is 5.92 Å². The quantitative estimate of drug-likeness (QED) is 0.192. The lowest BCUT2D eigenvalue weighted by atomic mass is 9.97. The molecule has 50 heavy (non-hydrogen) atoms. The predicted molar refractivity (Wildman–Crippen MR) is 192 cm³/mol. The number of piperazine rings is 1. The van der Waals surface area contributed by atoms with E-state index in [1.165, 1.54) is 6.20 Å². The summed E-state index contributed by atoms with van der Waals surface area (Å²) in [7, 11) is 6.80. The van der Waals surface area contributed by atoms with Crippen molar-refractivity contribution in [1.29, 1.82) is 0 Å². The third-order valence-electron chi connectivity index (χ3n) is 8.72. The normalized spacial score (nSPS) is 14.1. The Morgan fingerprint density at radius 3 is 2.22 bits per heavy atom. The molecule has 3 aromatic rings. The minimum atomic E-state index is -1.03. The highest BCUT2D eigenvalue weighted by molar-refractivity contribution is 5.80. The summed E-state index contributed by atoms with van der Waals surface area (Å²) in [5.74, 6) is 1.88. The third kappa shape index (κ3) is 9.88. The highest BCUT2D eigenvalue weighted by Gasteiger charge is 2.22. The van der Waals surface area contributed by atoms with Gasteiger partial charge in [0.25, 0.3) is 0 Å². The van der Waals surface area contributed by atoms with Gasteiger partial charge in [-0.2, -0.15) is 4.98 Å². The summed E-state index contributed by atoms with van der Waals surface area (Å²) < 4.78 is 28.5. The molecule has 4 rings (SSSR count). The van der Waals surface area contributed by atoms with Crippen LogP contribution >= 0.6 is 0 Å². The number of hydrogen-bond acceptors (Lipinski definition) is 12. The van der Waals surface area contributed by atoms with Crippen LogP contribution in [-0.4, -0.2) is 117 Å². The van der Waals surface area contributed by atoms with Crippen molar-refractivity contribution in [3.63, 3.8) is 0 Å². The molecule has 1 aliphatic heterocycles. The summed E-state index contributed by atoms with van der Waals surface area (Å²) in [6, 6.07) is 9.08. The van der Waals surface area contributed by atoms with E-state index in [-0.39, 0.29) is 23.7 Å². The highest BCUT2D eigenvalue weighted by atomic mass is 16.6. The Hall–Kier alpha value is -4.82. The van der Waals surface area contributed by atoms with Gasteiger partial charge in [0, 0.05) is 81.3 Å². The van der Waals surface area contributed by atoms with Crippen LogP contribution in [0.25, 0.3) is 11.1 Å². The van der Waals surface area contributed by atoms with Crippen LogP contribution in [0.3, 0.4) is 0 Å². The van der Waals surface area contributed by atoms with Crippen molar-refractivity contribution in [3.8, 4) is 40.0 Å². The Morgan fingerprint density at radius 1 is 0.960 bits per heavy atom. The summed E-state index contributed by atoms with van der Waals surface area (Å²) in [6.07, 6.45) is 1.88. The van der Waals surface area contributed by atoms with Gasteiger partial charge >= 0.3 is 6.09 Å². The van der Waals surface area contributed by atoms with E-state index in [4.69, 9.17) is 29.4 Å². The van der Waals surface area contributed by atoms with E-state index < -0.39 is 6.09 Å². The first-order valence-electron chi connectivity index (χ1n) is 17.0. The topological polar surface area (TPSA) is 154 Å². The number of nitrogens with one attached hydrogen (secondary N) is 1. The highest BCUT2D eigenvalue weighted by Crippen LogP contribution is 2.42. The second kappa shape index (κ2) is 18.3. The van der Waals surface area contributed by atoms with Gasteiger partial charge < -0.3 is 49.4 Å². The molecule has 1 aliphatic rings. The molecule has 14 heteroatoms. The maximum atomic E-state index is 12.9. The zero-order chi connectivity index (χ0) is 36.2. The number of likely N-dealkylation sites (N-methyl/N-ethyl adjacent to an activating group) is 1. The molecule has 2 heterocycles. The Balaban J connectivity index is 1.52. The number of primary amides is 1. The molecule has 0 aliphatic carbocycles. The first-order chi connectivity index (χ1) is 24.1. The fraction of sp³-hybridized carbons (Fsp3) is 0.500. The monoisotopic (exact) mass is 693 g/mol. The summed E-state index contributed by atoms with van der Waals surface area (Å²) in [5, 5.41) is 3.13. The molecule has 0 spiro atoms. The average molecular weight is 694 g/mol. The van der Waals surface area contributed by atoms with Crippen molar-refractivity contribution in [2.75, 3.05) is 86.1 Å². The van der Waals surface area contributed by atoms with Crippen LogP contribution in [0.4, 0.5) is 16.4 Å². The van der Waals surface area contributed by atoms with Gasteiger partial charge in [0.2, 0.25) is 23.5 Å². The Bertz CT molecular complexity index is 1570. The standard InChI is InChI=1S/C36H51N7O7/c1-8-43(9-2)34(44)24(3)19-25-11-12-27(29(20-25)46-5)28-23-38-36(40-33(28)50-35(37)45)39-26-21-30(47-6)32(31(22-26)48-7)49-18-10-13-42-16-14-41(4)15-17-42/h11-12,20-24H,8-10,13-19H2,1-7H3,(H2,37,45)(H,38,39,40). The van der Waals surface area contributed by atoms with Crippen molar-refractivity contribution in [3.05, 3.63) is 42.1 Å². The van der Waals surface area contributed by atoms with Crippen molar-refractivity contribution in [1.82, 2.24) is 24.7 Å². The van der Waals surface area contributed by atoms with E-state index in [9.17, 15) is 9.59 Å². The third-order valence-corrected chi connectivity index (χ3v) is 8.72. The van der Waals surface area contributed by atoms with Crippen molar-refractivity contribution in [2.45, 2.75) is 33.6 Å². The molecule has 3 N–H and O–H groups in total. The van der Waals surface area contributed by atoms with Crippen LogP contribution < -0.4 is 34.7 Å². The van der Waals surface area contributed by atoms with Crippen LogP contribution in [0.5, 0.6) is 28.9 Å². The Kier molecular flexibility index (Phi) is 13.9. The van der Waals surface area contributed by atoms with Gasteiger partial charge in [0.05, 0.1) is 33.5 Å². The lowest BCUT2D eigenvalue weighted by molar-refractivity contribution is -0.134. The summed E-state index contributed by atoms with van der Waals surface area (Å²) in [4.78, 5) is 40.3. The number of nitrogens with two attached hydrogens (primary N) is 1. The zero-order valence-corrected chi connectivity index (χ0v) is 30.3. The molecule has 1 aromatic heterocycles. The van der Waals surface area contributed by atoms with Gasteiger partial charge in [-0.25, -0.2) is 9.78 Å². The van der Waals surface area contributed by atoms with E-state index >= 15 is 0 Å². The maximum absolute atomic E-state index is 12.9. The lowest BCUT2D eigenvalue weighted by Crippen LogP contribution is -2.44. The minimum Gasteiger partial charge on any atom is -0.496 e. The molecular formula is C36H51N7O7. The van der Waals surface area contributed by atoms with Gasteiger partial charge in [-0.3, -0.25) is 4.79 Å². The molecule has 272 valence electrons. The molecule has 2 amide bonds. The lowest BCUT2D eigenvalue weighted by Gasteiger charge is -2.32. The molecule has 2 aromatic carbocycles. The number of carbonyl (C=O) groups is 2. The first-order valence-corrected chi connectivity index (χ1v) is 17.0. The number of aromatic nitrogens is 2. The SMILES string of the molecule is CCN(CC)C(=O)C(C)Cc1ccc(-c2cnc(Nc3cc(OC)c(OCCCN4CCN(C)CC4)c(OC)c3)nc2OC(N)=O)c(OC)c1. The molecule has 1 atom stereocenters. The van der Waals surface area contributed by atoms with Gasteiger partial charge in [-0.15, -0.1) is 0 Å². The smallest absolute Gasteiger partial charge is 0.411 e. The molecule has 0 radical (unpaired) electrons. The number of ether oxygens (including phenoxy) is 5. The van der Waals surface area contributed by atoms with Crippen LogP contribution in [0.2, 0.25) is 0 Å². The minimum absolute atomic E-state index is 0.0645. The predicted octanol–water partition coefficient (Wildman–Crippen LogP) is 4.43.